The van der Waals surface area contributed by atoms with Crippen LogP contribution in [0.3, 0.4) is 0 Å². The van der Waals surface area contributed by atoms with Crippen LogP contribution in [0.25, 0.3) is 0 Å². The van der Waals surface area contributed by atoms with Crippen molar-refractivity contribution in [2.75, 3.05) is 7.05 Å². The Bertz CT molecular complexity index is 226. The second-order valence-corrected chi connectivity index (χ2v) is 5.63. The predicted octanol–water partition coefficient (Wildman–Crippen LogP) is 1.76. The number of carbonyl (C=O) groups is 1. The van der Waals surface area contributed by atoms with E-state index in [1.54, 1.807) is 6.92 Å². The minimum atomic E-state index is -0.370. The molecule has 1 rings (SSSR count). The highest BCUT2D eigenvalue weighted by molar-refractivity contribution is 5.81. The first kappa shape index (κ1) is 12.5. The first-order valence-electron chi connectivity index (χ1n) is 5.86. The lowest BCUT2D eigenvalue weighted by molar-refractivity contribution is -0.134. The van der Waals surface area contributed by atoms with Crippen LogP contribution < -0.4 is 5.73 Å². The lowest BCUT2D eigenvalue weighted by Gasteiger charge is -2.39. The molecule has 0 aromatic carbocycles. The number of amides is 1. The third-order valence-corrected chi connectivity index (χ3v) is 3.59. The van der Waals surface area contributed by atoms with Crippen molar-refractivity contribution in [3.63, 3.8) is 0 Å². The molecular weight excluding hydrogens is 188 g/mol. The summed E-state index contributed by atoms with van der Waals surface area (Å²) in [4.78, 5) is 13.6. The number of carbonyl (C=O) groups excluding carboxylic acids is 1. The fourth-order valence-corrected chi connectivity index (χ4v) is 2.27. The zero-order valence-corrected chi connectivity index (χ0v) is 10.4. The van der Waals surface area contributed by atoms with Gasteiger partial charge in [-0.05, 0) is 38.0 Å². The van der Waals surface area contributed by atoms with E-state index in [0.717, 1.165) is 12.8 Å². The largest absolute Gasteiger partial charge is 0.341 e. The summed E-state index contributed by atoms with van der Waals surface area (Å²) in [5.74, 6) is 0.0692. The van der Waals surface area contributed by atoms with Crippen LogP contribution in [0.4, 0.5) is 0 Å². The first-order valence-corrected chi connectivity index (χ1v) is 5.86. The van der Waals surface area contributed by atoms with Crippen molar-refractivity contribution in [1.82, 2.24) is 4.90 Å². The molecule has 3 nitrogen and oxygen atoms in total. The Labute approximate surface area is 93.0 Å². The van der Waals surface area contributed by atoms with Gasteiger partial charge < -0.3 is 10.6 Å². The van der Waals surface area contributed by atoms with E-state index in [1.165, 1.54) is 12.8 Å². The normalized spacial score (nSPS) is 23.5. The van der Waals surface area contributed by atoms with Crippen LogP contribution in [-0.4, -0.2) is 29.9 Å². The standard InChI is InChI=1S/C12H24N2O/c1-9(13)11(15)14(4)10-5-7-12(2,3)8-6-10/h9-10H,5-8,13H2,1-4H3. The Morgan fingerprint density at radius 1 is 1.40 bits per heavy atom. The summed E-state index contributed by atoms with van der Waals surface area (Å²) < 4.78 is 0. The quantitative estimate of drug-likeness (QED) is 0.758. The molecule has 1 saturated carbocycles. The number of nitrogens with two attached hydrogens (primary N) is 1. The first-order chi connectivity index (χ1) is 6.83. The predicted molar refractivity (Wildman–Crippen MR) is 62.5 cm³/mol. The zero-order chi connectivity index (χ0) is 11.6. The van der Waals surface area contributed by atoms with E-state index >= 15 is 0 Å². The molecule has 2 N–H and O–H groups in total. The van der Waals surface area contributed by atoms with E-state index in [9.17, 15) is 4.79 Å². The van der Waals surface area contributed by atoms with E-state index in [2.05, 4.69) is 13.8 Å². The molecule has 15 heavy (non-hydrogen) atoms. The van der Waals surface area contributed by atoms with Crippen molar-refractivity contribution >= 4 is 5.91 Å². The molecule has 0 aromatic heterocycles. The number of hydrogen-bond acceptors (Lipinski definition) is 2. The highest BCUT2D eigenvalue weighted by atomic mass is 16.2. The van der Waals surface area contributed by atoms with Gasteiger partial charge in [-0.2, -0.15) is 0 Å². The molecule has 0 radical (unpaired) electrons. The summed E-state index contributed by atoms with van der Waals surface area (Å²) in [7, 11) is 1.88. The molecule has 1 atom stereocenters. The molecule has 0 bridgehead atoms. The molecule has 88 valence electrons. The SMILES string of the molecule is CC(N)C(=O)N(C)C1CCC(C)(C)CC1. The Balaban J connectivity index is 2.50. The molecule has 3 heteroatoms. The molecule has 0 spiro atoms. The third kappa shape index (κ3) is 3.20. The van der Waals surface area contributed by atoms with Gasteiger partial charge in [0.25, 0.3) is 0 Å². The van der Waals surface area contributed by atoms with Crippen molar-refractivity contribution < 1.29 is 4.79 Å². The number of rotatable bonds is 2. The van der Waals surface area contributed by atoms with Crippen LogP contribution >= 0.6 is 0 Å². The topological polar surface area (TPSA) is 46.3 Å². The van der Waals surface area contributed by atoms with Gasteiger partial charge in [0.05, 0.1) is 6.04 Å². The fraction of sp³-hybridized carbons (Fsp3) is 0.917. The van der Waals surface area contributed by atoms with Crippen LogP contribution in [-0.2, 0) is 4.79 Å². The van der Waals surface area contributed by atoms with Gasteiger partial charge in [-0.15, -0.1) is 0 Å². The molecule has 0 heterocycles. The van der Waals surface area contributed by atoms with Gasteiger partial charge in [0, 0.05) is 13.1 Å². The van der Waals surface area contributed by atoms with Crippen molar-refractivity contribution in [1.29, 1.82) is 0 Å². The maximum Gasteiger partial charge on any atom is 0.239 e. The van der Waals surface area contributed by atoms with Gasteiger partial charge in [0.2, 0.25) is 5.91 Å². The van der Waals surface area contributed by atoms with Crippen molar-refractivity contribution in [2.24, 2.45) is 11.1 Å². The van der Waals surface area contributed by atoms with Crippen LogP contribution in [0.15, 0.2) is 0 Å². The van der Waals surface area contributed by atoms with Gasteiger partial charge in [0.1, 0.15) is 0 Å². The molecule has 1 aliphatic rings. The Hall–Kier alpha value is -0.570. The summed E-state index contributed by atoms with van der Waals surface area (Å²) in [6.45, 7) is 6.36. The second-order valence-electron chi connectivity index (χ2n) is 5.63. The van der Waals surface area contributed by atoms with Crippen molar-refractivity contribution in [3.05, 3.63) is 0 Å². The monoisotopic (exact) mass is 212 g/mol. The van der Waals surface area contributed by atoms with Crippen LogP contribution in [0.5, 0.6) is 0 Å². The van der Waals surface area contributed by atoms with E-state index < -0.39 is 0 Å². The Morgan fingerprint density at radius 3 is 2.27 bits per heavy atom. The number of likely N-dealkylation sites (N-methyl/N-ethyl adjacent to an activating group) is 1. The van der Waals surface area contributed by atoms with E-state index in [1.807, 2.05) is 11.9 Å². The van der Waals surface area contributed by atoms with Gasteiger partial charge in [0.15, 0.2) is 0 Å². The lowest BCUT2D eigenvalue weighted by Crippen LogP contribution is -2.47. The molecule has 0 aliphatic heterocycles. The average molecular weight is 212 g/mol. The Kier molecular flexibility index (Phi) is 3.77. The highest BCUT2D eigenvalue weighted by Gasteiger charge is 2.31. The smallest absolute Gasteiger partial charge is 0.239 e. The Morgan fingerprint density at radius 2 is 1.87 bits per heavy atom. The van der Waals surface area contributed by atoms with Crippen LogP contribution in [0.2, 0.25) is 0 Å². The van der Waals surface area contributed by atoms with Gasteiger partial charge in [-0.25, -0.2) is 0 Å². The maximum absolute atomic E-state index is 11.7. The fourth-order valence-electron chi connectivity index (χ4n) is 2.27. The maximum atomic E-state index is 11.7. The van der Waals surface area contributed by atoms with Crippen molar-refractivity contribution in [3.8, 4) is 0 Å². The molecule has 0 aromatic rings. The summed E-state index contributed by atoms with van der Waals surface area (Å²) >= 11 is 0. The average Bonchev–Trinajstić information content (AvgIpc) is 2.15. The molecule has 0 saturated heterocycles. The molecular formula is C12H24N2O. The molecule has 1 fully saturated rings. The molecule has 1 aliphatic carbocycles. The van der Waals surface area contributed by atoms with Crippen LogP contribution in [0.1, 0.15) is 46.5 Å². The minimum Gasteiger partial charge on any atom is -0.341 e. The van der Waals surface area contributed by atoms with E-state index in [0.29, 0.717) is 11.5 Å². The summed E-state index contributed by atoms with van der Waals surface area (Å²) in [5.41, 5.74) is 6.06. The number of nitrogens with zero attached hydrogens (tertiary/aromatic N) is 1. The second kappa shape index (κ2) is 4.52. The highest BCUT2D eigenvalue weighted by Crippen LogP contribution is 2.36. The van der Waals surface area contributed by atoms with Gasteiger partial charge in [-0.1, -0.05) is 13.8 Å². The van der Waals surface area contributed by atoms with Crippen LogP contribution in [0, 0.1) is 5.41 Å². The number of hydrogen-bond donors (Lipinski definition) is 1. The third-order valence-electron chi connectivity index (χ3n) is 3.59. The van der Waals surface area contributed by atoms with E-state index in [4.69, 9.17) is 5.73 Å². The van der Waals surface area contributed by atoms with E-state index in [-0.39, 0.29) is 11.9 Å². The van der Waals surface area contributed by atoms with Gasteiger partial charge in [-0.3, -0.25) is 4.79 Å². The summed E-state index contributed by atoms with van der Waals surface area (Å²) in [5, 5.41) is 0. The van der Waals surface area contributed by atoms with Crippen molar-refractivity contribution in [2.45, 2.75) is 58.5 Å². The minimum absolute atomic E-state index is 0.0692. The molecule has 1 amide bonds. The summed E-state index contributed by atoms with van der Waals surface area (Å²) in [6.07, 6.45) is 4.63. The molecule has 1 unspecified atom stereocenters. The lowest BCUT2D eigenvalue weighted by atomic mass is 9.75. The zero-order valence-electron chi connectivity index (χ0n) is 10.4. The summed E-state index contributed by atoms with van der Waals surface area (Å²) in [6, 6.07) is 0.0291. The van der Waals surface area contributed by atoms with Gasteiger partial charge >= 0.3 is 0 Å².